The number of hydrogen-bond acceptors (Lipinski definition) is 3. The van der Waals surface area contributed by atoms with E-state index in [1.807, 2.05) is 31.2 Å². The molecule has 0 saturated heterocycles. The number of halogens is 1. The zero-order valence-corrected chi connectivity index (χ0v) is 15.8. The van der Waals surface area contributed by atoms with Crippen LogP contribution in [0.1, 0.15) is 32.4 Å². The first-order valence-electron chi connectivity index (χ1n) is 6.95. The SMILES string of the molecule is CCN(CC)C(=S)SCC(=O)N[C@@H](C)c1ccccc1Br. The Bertz CT molecular complexity index is 492. The standard InChI is InChI=1S/C15H21BrN2OS2/c1-4-18(5-2)15(20)21-10-14(19)17-11(3)12-8-6-7-9-13(12)16/h6-9,11H,4-5,10H2,1-3H3,(H,17,19)/t11-/m0/s1. The Morgan fingerprint density at radius 3 is 2.57 bits per heavy atom. The Hall–Kier alpha value is -0.590. The van der Waals surface area contributed by atoms with Crippen molar-refractivity contribution < 1.29 is 4.79 Å². The van der Waals surface area contributed by atoms with E-state index in [1.165, 1.54) is 11.8 Å². The first-order chi connectivity index (χ1) is 9.99. The van der Waals surface area contributed by atoms with Gasteiger partial charge in [-0.1, -0.05) is 58.1 Å². The lowest BCUT2D eigenvalue weighted by atomic mass is 10.1. The van der Waals surface area contributed by atoms with Crippen LogP contribution >= 0.6 is 39.9 Å². The van der Waals surface area contributed by atoms with Gasteiger partial charge in [-0.05, 0) is 32.4 Å². The van der Waals surface area contributed by atoms with E-state index < -0.39 is 0 Å². The fourth-order valence-corrected chi connectivity index (χ4v) is 3.73. The average Bonchev–Trinajstić information content (AvgIpc) is 2.46. The number of thiocarbonyl (C=S) groups is 1. The van der Waals surface area contributed by atoms with Gasteiger partial charge in [0.15, 0.2) is 0 Å². The van der Waals surface area contributed by atoms with Gasteiger partial charge < -0.3 is 10.2 Å². The number of carbonyl (C=O) groups excluding carboxylic acids is 1. The molecule has 1 aromatic carbocycles. The topological polar surface area (TPSA) is 32.3 Å². The molecule has 0 aliphatic carbocycles. The molecule has 3 nitrogen and oxygen atoms in total. The second kappa shape index (κ2) is 9.43. The van der Waals surface area contributed by atoms with Crippen molar-refractivity contribution in [3.05, 3.63) is 34.3 Å². The molecule has 0 aromatic heterocycles. The molecule has 0 saturated carbocycles. The fourth-order valence-electron chi connectivity index (χ4n) is 1.89. The van der Waals surface area contributed by atoms with Gasteiger partial charge in [0.2, 0.25) is 5.91 Å². The van der Waals surface area contributed by atoms with Crippen LogP contribution in [0, 0.1) is 0 Å². The van der Waals surface area contributed by atoms with E-state index >= 15 is 0 Å². The number of nitrogens with zero attached hydrogens (tertiary/aromatic N) is 1. The summed E-state index contributed by atoms with van der Waals surface area (Å²) >= 11 is 10.2. The third-order valence-corrected chi connectivity index (χ3v) is 5.34. The normalized spacial score (nSPS) is 11.8. The third kappa shape index (κ3) is 5.96. The van der Waals surface area contributed by atoms with Crippen molar-refractivity contribution in [2.24, 2.45) is 0 Å². The summed E-state index contributed by atoms with van der Waals surface area (Å²) in [6, 6.07) is 7.87. The monoisotopic (exact) mass is 388 g/mol. The number of hydrogen-bond donors (Lipinski definition) is 1. The molecule has 0 unspecified atom stereocenters. The van der Waals surface area contributed by atoms with E-state index in [1.54, 1.807) is 0 Å². The second-order valence-corrected chi connectivity index (χ2v) is 7.00. The zero-order chi connectivity index (χ0) is 15.8. The van der Waals surface area contributed by atoms with Crippen molar-refractivity contribution in [2.75, 3.05) is 18.8 Å². The highest BCUT2D eigenvalue weighted by molar-refractivity contribution is 9.10. The Morgan fingerprint density at radius 2 is 2.00 bits per heavy atom. The Kier molecular flexibility index (Phi) is 8.29. The van der Waals surface area contributed by atoms with Gasteiger partial charge in [-0.15, -0.1) is 0 Å². The van der Waals surface area contributed by atoms with E-state index in [0.717, 1.165) is 27.4 Å². The number of thioether (sulfide) groups is 1. The molecule has 0 aliphatic rings. The van der Waals surface area contributed by atoms with Crippen LogP contribution in [-0.4, -0.2) is 34.0 Å². The summed E-state index contributed by atoms with van der Waals surface area (Å²) in [7, 11) is 0. The van der Waals surface area contributed by atoms with Crippen LogP contribution in [0.5, 0.6) is 0 Å². The third-order valence-electron chi connectivity index (χ3n) is 3.10. The maximum absolute atomic E-state index is 12.0. The molecule has 0 spiro atoms. The first kappa shape index (κ1) is 18.5. The maximum atomic E-state index is 12.0. The van der Waals surface area contributed by atoms with E-state index in [9.17, 15) is 4.79 Å². The quantitative estimate of drug-likeness (QED) is 0.746. The van der Waals surface area contributed by atoms with Gasteiger partial charge in [0.1, 0.15) is 4.32 Å². The molecule has 1 rings (SSSR count). The minimum absolute atomic E-state index is 0.00207. The minimum atomic E-state index is -0.0318. The molecule has 0 bridgehead atoms. The van der Waals surface area contributed by atoms with Crippen LogP contribution in [-0.2, 0) is 4.79 Å². The summed E-state index contributed by atoms with van der Waals surface area (Å²) < 4.78 is 1.79. The summed E-state index contributed by atoms with van der Waals surface area (Å²) in [5.41, 5.74) is 1.07. The molecule has 0 aliphatic heterocycles. The van der Waals surface area contributed by atoms with Gasteiger partial charge in [0, 0.05) is 17.6 Å². The van der Waals surface area contributed by atoms with Crippen molar-refractivity contribution in [1.29, 1.82) is 0 Å². The highest BCUT2D eigenvalue weighted by Gasteiger charge is 2.14. The summed E-state index contributed by atoms with van der Waals surface area (Å²) in [6.45, 7) is 7.84. The van der Waals surface area contributed by atoms with Crippen molar-refractivity contribution in [1.82, 2.24) is 10.2 Å². The first-order valence-corrected chi connectivity index (χ1v) is 9.13. The molecular weight excluding hydrogens is 368 g/mol. The molecule has 0 fully saturated rings. The Labute approximate surface area is 145 Å². The number of benzene rings is 1. The summed E-state index contributed by atoms with van der Waals surface area (Å²) in [5, 5.41) is 3.00. The van der Waals surface area contributed by atoms with Gasteiger partial charge >= 0.3 is 0 Å². The van der Waals surface area contributed by atoms with Gasteiger partial charge in [0.05, 0.1) is 11.8 Å². The fraction of sp³-hybridized carbons (Fsp3) is 0.467. The predicted molar refractivity (Wildman–Crippen MR) is 98.7 cm³/mol. The van der Waals surface area contributed by atoms with Crippen LogP contribution in [0.2, 0.25) is 0 Å². The highest BCUT2D eigenvalue weighted by atomic mass is 79.9. The number of rotatable bonds is 6. The molecule has 1 aromatic rings. The van der Waals surface area contributed by atoms with Crippen LogP contribution in [0.3, 0.4) is 0 Å². The van der Waals surface area contributed by atoms with Crippen LogP contribution in [0.25, 0.3) is 0 Å². The van der Waals surface area contributed by atoms with Crippen molar-refractivity contribution >= 4 is 50.1 Å². The largest absolute Gasteiger partial charge is 0.358 e. The lowest BCUT2D eigenvalue weighted by Gasteiger charge is -2.21. The zero-order valence-electron chi connectivity index (χ0n) is 12.6. The summed E-state index contributed by atoms with van der Waals surface area (Å²) in [6.07, 6.45) is 0. The van der Waals surface area contributed by atoms with Gasteiger partial charge in [-0.25, -0.2) is 0 Å². The Morgan fingerprint density at radius 1 is 1.38 bits per heavy atom. The van der Waals surface area contributed by atoms with Crippen LogP contribution in [0.4, 0.5) is 0 Å². The number of amides is 1. The lowest BCUT2D eigenvalue weighted by molar-refractivity contribution is -0.119. The molecule has 1 N–H and O–H groups in total. The molecular formula is C15H21BrN2OS2. The van der Waals surface area contributed by atoms with Crippen LogP contribution < -0.4 is 5.32 Å². The lowest BCUT2D eigenvalue weighted by Crippen LogP contribution is -2.31. The van der Waals surface area contributed by atoms with Gasteiger partial charge in [-0.2, -0.15) is 0 Å². The van der Waals surface area contributed by atoms with E-state index in [-0.39, 0.29) is 11.9 Å². The van der Waals surface area contributed by atoms with Crippen molar-refractivity contribution in [3.63, 3.8) is 0 Å². The van der Waals surface area contributed by atoms with Gasteiger partial charge in [0.25, 0.3) is 0 Å². The summed E-state index contributed by atoms with van der Waals surface area (Å²) in [5.74, 6) is 0.349. The smallest absolute Gasteiger partial charge is 0.230 e. The van der Waals surface area contributed by atoms with E-state index in [0.29, 0.717) is 5.75 Å². The van der Waals surface area contributed by atoms with Gasteiger partial charge in [-0.3, -0.25) is 4.79 Å². The second-order valence-electron chi connectivity index (χ2n) is 4.54. The molecule has 1 atom stereocenters. The van der Waals surface area contributed by atoms with E-state index in [4.69, 9.17) is 12.2 Å². The van der Waals surface area contributed by atoms with Crippen LogP contribution in [0.15, 0.2) is 28.7 Å². The summed E-state index contributed by atoms with van der Waals surface area (Å²) in [4.78, 5) is 14.1. The number of nitrogens with one attached hydrogen (secondary N) is 1. The highest BCUT2D eigenvalue weighted by Crippen LogP contribution is 2.22. The molecule has 6 heteroatoms. The molecule has 0 heterocycles. The predicted octanol–water partition coefficient (Wildman–Crippen LogP) is 3.99. The van der Waals surface area contributed by atoms with Crippen molar-refractivity contribution in [3.8, 4) is 0 Å². The Balaban J connectivity index is 2.47. The van der Waals surface area contributed by atoms with E-state index in [2.05, 4.69) is 40.0 Å². The number of carbonyl (C=O) groups is 1. The molecule has 1 amide bonds. The maximum Gasteiger partial charge on any atom is 0.230 e. The average molecular weight is 389 g/mol. The molecule has 0 radical (unpaired) electrons. The molecule has 21 heavy (non-hydrogen) atoms. The van der Waals surface area contributed by atoms with Crippen molar-refractivity contribution in [2.45, 2.75) is 26.8 Å². The molecule has 116 valence electrons. The minimum Gasteiger partial charge on any atom is -0.358 e.